The molecule has 2 aromatic carbocycles. The van der Waals surface area contributed by atoms with Crippen molar-refractivity contribution in [3.8, 4) is 6.07 Å². The number of nitrogens with one attached hydrogen (secondary N) is 1. The van der Waals surface area contributed by atoms with E-state index in [1.807, 2.05) is 0 Å². The number of nitriles is 1. The van der Waals surface area contributed by atoms with E-state index in [-0.39, 0.29) is 22.6 Å². The highest BCUT2D eigenvalue weighted by Gasteiger charge is 2.31. The van der Waals surface area contributed by atoms with E-state index in [0.717, 1.165) is 18.2 Å². The quantitative estimate of drug-likeness (QED) is 0.649. The summed E-state index contributed by atoms with van der Waals surface area (Å²) >= 11 is 0. The van der Waals surface area contributed by atoms with E-state index < -0.39 is 17.6 Å². The van der Waals surface area contributed by atoms with Crippen molar-refractivity contribution in [1.82, 2.24) is 0 Å². The molecule has 0 amide bonds. The third kappa shape index (κ3) is 3.23. The molecule has 3 nitrogen and oxygen atoms in total. The molecular formula is C14H9F4N3. The van der Waals surface area contributed by atoms with Crippen LogP contribution in [0.2, 0.25) is 0 Å². The number of benzene rings is 2. The Bertz CT molecular complexity index is 717. The van der Waals surface area contributed by atoms with Gasteiger partial charge in [0.15, 0.2) is 0 Å². The SMILES string of the molecule is N#Cc1cc(C(F)(F)F)ccc1Nc1ccc(N)cc1F. The van der Waals surface area contributed by atoms with Crippen LogP contribution in [0.15, 0.2) is 36.4 Å². The summed E-state index contributed by atoms with van der Waals surface area (Å²) in [6.45, 7) is 0. The van der Waals surface area contributed by atoms with Crippen molar-refractivity contribution in [1.29, 1.82) is 5.26 Å². The summed E-state index contributed by atoms with van der Waals surface area (Å²) in [7, 11) is 0. The molecule has 0 spiro atoms. The molecule has 0 saturated carbocycles. The van der Waals surface area contributed by atoms with E-state index in [1.54, 1.807) is 6.07 Å². The van der Waals surface area contributed by atoms with Crippen molar-refractivity contribution < 1.29 is 17.6 Å². The third-order valence-electron chi connectivity index (χ3n) is 2.73. The fourth-order valence-corrected chi connectivity index (χ4v) is 1.70. The largest absolute Gasteiger partial charge is 0.416 e. The molecule has 0 fully saturated rings. The molecule has 2 rings (SSSR count). The molecule has 0 saturated heterocycles. The van der Waals surface area contributed by atoms with E-state index >= 15 is 0 Å². The van der Waals surface area contributed by atoms with Gasteiger partial charge in [-0.3, -0.25) is 0 Å². The first-order chi connectivity index (χ1) is 9.81. The molecule has 2 aromatic rings. The summed E-state index contributed by atoms with van der Waals surface area (Å²) in [5.41, 5.74) is 4.53. The fraction of sp³-hybridized carbons (Fsp3) is 0.0714. The first-order valence-corrected chi connectivity index (χ1v) is 5.74. The predicted octanol–water partition coefficient (Wildman–Crippen LogP) is 4.04. The van der Waals surface area contributed by atoms with Crippen LogP contribution in [-0.4, -0.2) is 0 Å². The maximum absolute atomic E-state index is 13.6. The molecule has 0 bridgehead atoms. The van der Waals surface area contributed by atoms with Gasteiger partial charge in [-0.1, -0.05) is 0 Å². The molecule has 108 valence electrons. The highest BCUT2D eigenvalue weighted by atomic mass is 19.4. The molecule has 0 aliphatic carbocycles. The van der Waals surface area contributed by atoms with Crippen molar-refractivity contribution in [2.75, 3.05) is 11.1 Å². The van der Waals surface area contributed by atoms with Gasteiger partial charge in [0.1, 0.15) is 11.9 Å². The number of anilines is 3. The zero-order valence-corrected chi connectivity index (χ0v) is 10.5. The van der Waals surface area contributed by atoms with Crippen LogP contribution in [0.25, 0.3) is 0 Å². The molecule has 21 heavy (non-hydrogen) atoms. The summed E-state index contributed by atoms with van der Waals surface area (Å²) in [6.07, 6.45) is -4.55. The molecule has 0 aliphatic heterocycles. The molecule has 0 unspecified atom stereocenters. The van der Waals surface area contributed by atoms with Gasteiger partial charge in [-0.05, 0) is 36.4 Å². The predicted molar refractivity (Wildman–Crippen MR) is 70.3 cm³/mol. The van der Waals surface area contributed by atoms with Crippen LogP contribution in [-0.2, 0) is 6.18 Å². The Kier molecular flexibility index (Phi) is 3.72. The number of rotatable bonds is 2. The Labute approximate surface area is 117 Å². The lowest BCUT2D eigenvalue weighted by Crippen LogP contribution is -2.06. The minimum atomic E-state index is -4.55. The molecule has 0 radical (unpaired) electrons. The van der Waals surface area contributed by atoms with E-state index in [2.05, 4.69) is 5.32 Å². The molecular weight excluding hydrogens is 286 g/mol. The summed E-state index contributed by atoms with van der Waals surface area (Å²) in [4.78, 5) is 0. The Balaban J connectivity index is 2.39. The number of hydrogen-bond donors (Lipinski definition) is 2. The van der Waals surface area contributed by atoms with Crippen LogP contribution in [0.4, 0.5) is 34.6 Å². The first kappa shape index (κ1) is 14.7. The van der Waals surface area contributed by atoms with Crippen LogP contribution in [0.5, 0.6) is 0 Å². The number of nitrogen functional groups attached to an aromatic ring is 1. The third-order valence-corrected chi connectivity index (χ3v) is 2.73. The van der Waals surface area contributed by atoms with Gasteiger partial charge in [0.05, 0.1) is 22.5 Å². The Hall–Kier alpha value is -2.75. The maximum Gasteiger partial charge on any atom is 0.416 e. The fourth-order valence-electron chi connectivity index (χ4n) is 1.70. The second-order valence-corrected chi connectivity index (χ2v) is 4.23. The normalized spacial score (nSPS) is 11.0. The van der Waals surface area contributed by atoms with Crippen molar-refractivity contribution in [3.05, 3.63) is 53.3 Å². The zero-order valence-electron chi connectivity index (χ0n) is 10.5. The van der Waals surface area contributed by atoms with Gasteiger partial charge in [0.25, 0.3) is 0 Å². The average molecular weight is 295 g/mol. The van der Waals surface area contributed by atoms with Gasteiger partial charge in [-0.2, -0.15) is 18.4 Å². The number of nitrogens with two attached hydrogens (primary N) is 1. The van der Waals surface area contributed by atoms with Crippen LogP contribution >= 0.6 is 0 Å². The van der Waals surface area contributed by atoms with Crippen molar-refractivity contribution in [2.45, 2.75) is 6.18 Å². The highest BCUT2D eigenvalue weighted by Crippen LogP contribution is 2.32. The van der Waals surface area contributed by atoms with E-state index in [9.17, 15) is 17.6 Å². The summed E-state index contributed by atoms with van der Waals surface area (Å²) < 4.78 is 51.3. The molecule has 0 atom stereocenters. The second-order valence-electron chi connectivity index (χ2n) is 4.23. The van der Waals surface area contributed by atoms with Gasteiger partial charge in [-0.15, -0.1) is 0 Å². The van der Waals surface area contributed by atoms with Crippen molar-refractivity contribution >= 4 is 17.1 Å². The lowest BCUT2D eigenvalue weighted by atomic mass is 10.1. The Morgan fingerprint density at radius 1 is 1.05 bits per heavy atom. The van der Waals surface area contributed by atoms with Gasteiger partial charge >= 0.3 is 6.18 Å². The maximum atomic E-state index is 13.6. The molecule has 0 aliphatic rings. The average Bonchev–Trinajstić information content (AvgIpc) is 2.41. The first-order valence-electron chi connectivity index (χ1n) is 5.74. The summed E-state index contributed by atoms with van der Waals surface area (Å²) in [6, 6.07) is 8.09. The van der Waals surface area contributed by atoms with Crippen molar-refractivity contribution in [3.63, 3.8) is 0 Å². The van der Waals surface area contributed by atoms with E-state index in [1.165, 1.54) is 12.1 Å². The second kappa shape index (κ2) is 5.32. The molecule has 0 heterocycles. The number of hydrogen-bond acceptors (Lipinski definition) is 3. The minimum absolute atomic E-state index is 0.0143. The van der Waals surface area contributed by atoms with Crippen LogP contribution in [0, 0.1) is 17.1 Å². The van der Waals surface area contributed by atoms with Crippen molar-refractivity contribution in [2.24, 2.45) is 0 Å². The molecule has 7 heteroatoms. The van der Waals surface area contributed by atoms with Gasteiger partial charge in [0.2, 0.25) is 0 Å². The zero-order chi connectivity index (χ0) is 15.6. The Morgan fingerprint density at radius 2 is 1.71 bits per heavy atom. The molecule has 0 aromatic heterocycles. The standard InChI is InChI=1S/C14H9F4N3/c15-11-6-10(20)2-4-13(11)21-12-3-1-9(14(16,17)18)5-8(12)7-19/h1-6,21H,20H2. The van der Waals surface area contributed by atoms with E-state index in [0.29, 0.717) is 6.07 Å². The number of alkyl halides is 3. The smallest absolute Gasteiger partial charge is 0.399 e. The number of halogens is 4. The minimum Gasteiger partial charge on any atom is -0.399 e. The van der Waals surface area contributed by atoms with Crippen LogP contribution < -0.4 is 11.1 Å². The Morgan fingerprint density at radius 3 is 2.29 bits per heavy atom. The van der Waals surface area contributed by atoms with Crippen LogP contribution in [0.3, 0.4) is 0 Å². The van der Waals surface area contributed by atoms with Crippen LogP contribution in [0.1, 0.15) is 11.1 Å². The summed E-state index contributed by atoms with van der Waals surface area (Å²) in [5, 5.41) is 11.5. The van der Waals surface area contributed by atoms with Gasteiger partial charge in [-0.25, -0.2) is 4.39 Å². The monoisotopic (exact) mass is 295 g/mol. The highest BCUT2D eigenvalue weighted by molar-refractivity contribution is 5.68. The number of nitrogens with zero attached hydrogens (tertiary/aromatic N) is 1. The lowest BCUT2D eigenvalue weighted by Gasteiger charge is -2.12. The lowest BCUT2D eigenvalue weighted by molar-refractivity contribution is -0.137. The van der Waals surface area contributed by atoms with Gasteiger partial charge < -0.3 is 11.1 Å². The van der Waals surface area contributed by atoms with Gasteiger partial charge in [0, 0.05) is 5.69 Å². The topological polar surface area (TPSA) is 61.8 Å². The summed E-state index contributed by atoms with van der Waals surface area (Å²) in [5.74, 6) is -0.668. The molecule has 3 N–H and O–H groups in total. The van der Waals surface area contributed by atoms with E-state index in [4.69, 9.17) is 11.0 Å².